The lowest BCUT2D eigenvalue weighted by molar-refractivity contribution is 0.258. The van der Waals surface area contributed by atoms with Gasteiger partial charge in [-0.05, 0) is 23.8 Å². The Labute approximate surface area is 116 Å². The Hall–Kier alpha value is -1.44. The molecule has 0 radical (unpaired) electrons. The predicted octanol–water partition coefficient (Wildman–Crippen LogP) is 1.80. The van der Waals surface area contributed by atoms with Crippen molar-refractivity contribution < 1.29 is 5.11 Å². The van der Waals surface area contributed by atoms with Crippen LogP contribution in [-0.2, 0) is 0 Å². The number of anilines is 2. The van der Waals surface area contributed by atoms with Crippen LogP contribution < -0.4 is 16.6 Å². The van der Waals surface area contributed by atoms with Gasteiger partial charge in [-0.2, -0.15) is 4.98 Å². The molecule has 0 amide bonds. The van der Waals surface area contributed by atoms with Gasteiger partial charge in [0, 0.05) is 13.2 Å². The molecule has 0 bridgehead atoms. The molecule has 0 aromatic carbocycles. The van der Waals surface area contributed by atoms with E-state index in [1.54, 1.807) is 11.3 Å². The molecule has 19 heavy (non-hydrogen) atoms. The van der Waals surface area contributed by atoms with Gasteiger partial charge in [-0.25, -0.2) is 10.8 Å². The third-order valence-corrected chi connectivity index (χ3v) is 4.02. The minimum absolute atomic E-state index is 0.216. The second kappa shape index (κ2) is 6.65. The summed E-state index contributed by atoms with van der Waals surface area (Å²) in [5.41, 5.74) is 3.36. The van der Waals surface area contributed by atoms with Crippen LogP contribution >= 0.6 is 11.3 Å². The van der Waals surface area contributed by atoms with Crippen LogP contribution in [0, 0.1) is 5.92 Å². The lowest BCUT2D eigenvalue weighted by Gasteiger charge is -2.15. The van der Waals surface area contributed by atoms with Gasteiger partial charge in [0.2, 0.25) is 5.95 Å². The molecule has 0 saturated carbocycles. The highest BCUT2D eigenvalue weighted by Crippen LogP contribution is 2.27. The summed E-state index contributed by atoms with van der Waals surface area (Å²) in [5, 5.41) is 14.3. The zero-order valence-corrected chi connectivity index (χ0v) is 11.7. The van der Waals surface area contributed by atoms with Gasteiger partial charge in [0.15, 0.2) is 0 Å². The van der Waals surface area contributed by atoms with Crippen molar-refractivity contribution in [2.45, 2.75) is 19.8 Å². The minimum Gasteiger partial charge on any atom is -0.396 e. The van der Waals surface area contributed by atoms with Gasteiger partial charge in [-0.3, -0.25) is 5.43 Å². The number of aliphatic hydroxyl groups is 1. The Kier molecular flexibility index (Phi) is 4.89. The maximum Gasteiger partial charge on any atom is 0.239 e. The van der Waals surface area contributed by atoms with Crippen LogP contribution in [0.3, 0.4) is 0 Å². The number of nitrogens with zero attached hydrogens (tertiary/aromatic N) is 2. The normalized spacial score (nSPS) is 12.6. The maximum absolute atomic E-state index is 9.01. The first-order valence-electron chi connectivity index (χ1n) is 6.35. The summed E-state index contributed by atoms with van der Waals surface area (Å²) >= 11 is 1.60. The summed E-state index contributed by atoms with van der Waals surface area (Å²) in [6.45, 7) is 3.12. The van der Waals surface area contributed by atoms with Crippen molar-refractivity contribution in [2.75, 3.05) is 23.9 Å². The van der Waals surface area contributed by atoms with Crippen LogP contribution in [0.25, 0.3) is 10.2 Å². The van der Waals surface area contributed by atoms with E-state index in [4.69, 9.17) is 10.9 Å². The molecule has 1 unspecified atom stereocenters. The summed E-state index contributed by atoms with van der Waals surface area (Å²) in [4.78, 5) is 8.63. The number of nitrogen functional groups attached to an aromatic ring is 1. The van der Waals surface area contributed by atoms with Crippen LogP contribution in [0.1, 0.15) is 19.8 Å². The Morgan fingerprint density at radius 1 is 1.47 bits per heavy atom. The van der Waals surface area contributed by atoms with E-state index in [-0.39, 0.29) is 6.61 Å². The zero-order chi connectivity index (χ0) is 13.7. The van der Waals surface area contributed by atoms with E-state index in [0.29, 0.717) is 11.9 Å². The first-order valence-corrected chi connectivity index (χ1v) is 7.23. The van der Waals surface area contributed by atoms with E-state index in [0.717, 1.165) is 35.4 Å². The lowest BCUT2D eigenvalue weighted by Crippen LogP contribution is -2.17. The number of thiophene rings is 1. The molecule has 0 saturated heterocycles. The molecule has 2 aromatic heterocycles. The molecule has 2 rings (SSSR count). The molecular weight excluding hydrogens is 262 g/mol. The van der Waals surface area contributed by atoms with Crippen LogP contribution in [0.5, 0.6) is 0 Å². The number of aromatic nitrogens is 2. The predicted molar refractivity (Wildman–Crippen MR) is 79.2 cm³/mol. The number of aliphatic hydroxyl groups excluding tert-OH is 1. The molecule has 0 fully saturated rings. The number of hydrazine groups is 1. The molecule has 0 aliphatic heterocycles. The largest absolute Gasteiger partial charge is 0.396 e. The second-order valence-corrected chi connectivity index (χ2v) is 5.26. The molecule has 6 nitrogen and oxygen atoms in total. The van der Waals surface area contributed by atoms with Crippen LogP contribution in [-0.4, -0.2) is 28.2 Å². The van der Waals surface area contributed by atoms with Crippen molar-refractivity contribution >= 4 is 33.3 Å². The zero-order valence-electron chi connectivity index (χ0n) is 10.9. The topological polar surface area (TPSA) is 96.1 Å². The molecule has 0 spiro atoms. The number of fused-ring (bicyclic) bond motifs is 1. The molecular formula is C12H19N5OS. The summed E-state index contributed by atoms with van der Waals surface area (Å²) in [6, 6.07) is 1.94. The standard InChI is InChI=1S/C12H19N5OS/c1-2-8(3-5-18)7-14-11-10-9(4-6-19-10)15-12(16-11)17-13/h4,6,8,18H,2-3,5,7,13H2,1H3,(H2,14,15,16,17). The molecule has 2 aromatic rings. The molecule has 104 valence electrons. The average Bonchev–Trinajstić information content (AvgIpc) is 2.91. The first-order chi connectivity index (χ1) is 9.28. The summed E-state index contributed by atoms with van der Waals surface area (Å²) in [7, 11) is 0. The highest BCUT2D eigenvalue weighted by atomic mass is 32.1. The Morgan fingerprint density at radius 2 is 2.32 bits per heavy atom. The monoisotopic (exact) mass is 281 g/mol. The molecule has 2 heterocycles. The number of rotatable bonds is 7. The fourth-order valence-corrected chi connectivity index (χ4v) is 2.72. The first kappa shape index (κ1) is 14.0. The Bertz CT molecular complexity index is 530. The maximum atomic E-state index is 9.01. The summed E-state index contributed by atoms with van der Waals surface area (Å²) in [5.74, 6) is 7.01. The molecule has 0 aliphatic carbocycles. The second-order valence-electron chi connectivity index (χ2n) is 4.34. The SMILES string of the molecule is CCC(CCO)CNc1nc(NN)nc2ccsc12. The van der Waals surface area contributed by atoms with Crippen molar-refractivity contribution in [1.82, 2.24) is 9.97 Å². The van der Waals surface area contributed by atoms with Crippen molar-refractivity contribution in [2.24, 2.45) is 11.8 Å². The summed E-state index contributed by atoms with van der Waals surface area (Å²) in [6.07, 6.45) is 1.82. The third-order valence-electron chi connectivity index (χ3n) is 3.11. The Balaban J connectivity index is 2.16. The van der Waals surface area contributed by atoms with Gasteiger partial charge in [-0.1, -0.05) is 13.3 Å². The van der Waals surface area contributed by atoms with E-state index in [1.165, 1.54) is 0 Å². The van der Waals surface area contributed by atoms with E-state index in [9.17, 15) is 0 Å². The van der Waals surface area contributed by atoms with E-state index >= 15 is 0 Å². The minimum atomic E-state index is 0.216. The third kappa shape index (κ3) is 3.31. The van der Waals surface area contributed by atoms with Crippen molar-refractivity contribution in [1.29, 1.82) is 0 Å². The molecule has 7 heteroatoms. The van der Waals surface area contributed by atoms with Gasteiger partial charge in [-0.15, -0.1) is 11.3 Å². The lowest BCUT2D eigenvalue weighted by atomic mass is 10.0. The van der Waals surface area contributed by atoms with Crippen molar-refractivity contribution in [3.05, 3.63) is 11.4 Å². The van der Waals surface area contributed by atoms with Crippen LogP contribution in [0.15, 0.2) is 11.4 Å². The average molecular weight is 281 g/mol. The smallest absolute Gasteiger partial charge is 0.239 e. The van der Waals surface area contributed by atoms with Gasteiger partial charge in [0.25, 0.3) is 0 Å². The molecule has 1 atom stereocenters. The number of nitrogens with one attached hydrogen (secondary N) is 2. The highest BCUT2D eigenvalue weighted by Gasteiger charge is 2.11. The van der Waals surface area contributed by atoms with Gasteiger partial charge >= 0.3 is 0 Å². The number of hydrogen-bond donors (Lipinski definition) is 4. The van der Waals surface area contributed by atoms with E-state index in [1.807, 2.05) is 11.4 Å². The number of nitrogens with two attached hydrogens (primary N) is 1. The van der Waals surface area contributed by atoms with Crippen molar-refractivity contribution in [3.8, 4) is 0 Å². The van der Waals surface area contributed by atoms with Gasteiger partial charge in [0.05, 0.1) is 10.2 Å². The van der Waals surface area contributed by atoms with Gasteiger partial charge < -0.3 is 10.4 Å². The fraction of sp³-hybridized carbons (Fsp3) is 0.500. The van der Waals surface area contributed by atoms with Crippen LogP contribution in [0.4, 0.5) is 11.8 Å². The molecule has 5 N–H and O–H groups in total. The quantitative estimate of drug-likeness (QED) is 0.456. The van der Waals surface area contributed by atoms with Gasteiger partial charge in [0.1, 0.15) is 5.82 Å². The van der Waals surface area contributed by atoms with E-state index in [2.05, 4.69) is 27.6 Å². The van der Waals surface area contributed by atoms with E-state index < -0.39 is 0 Å². The Morgan fingerprint density at radius 3 is 3.00 bits per heavy atom. The number of hydrogen-bond acceptors (Lipinski definition) is 7. The van der Waals surface area contributed by atoms with Crippen LogP contribution in [0.2, 0.25) is 0 Å². The molecule has 0 aliphatic rings. The highest BCUT2D eigenvalue weighted by molar-refractivity contribution is 7.17. The fourth-order valence-electron chi connectivity index (χ4n) is 1.92. The van der Waals surface area contributed by atoms with Crippen molar-refractivity contribution in [3.63, 3.8) is 0 Å². The summed E-state index contributed by atoms with van der Waals surface area (Å²) < 4.78 is 1.03.